The van der Waals surface area contributed by atoms with Gasteiger partial charge in [-0.15, -0.1) is 0 Å². The maximum Gasteiger partial charge on any atom is 0.183 e. The minimum atomic E-state index is -0.491. The van der Waals surface area contributed by atoms with Crippen molar-refractivity contribution in [1.29, 1.82) is 0 Å². The quantitative estimate of drug-likeness (QED) is 0.276. The van der Waals surface area contributed by atoms with Crippen LogP contribution in [0.2, 0.25) is 0 Å². The Balaban J connectivity index is 1.28. The Hall–Kier alpha value is -1.79. The van der Waals surface area contributed by atoms with Crippen molar-refractivity contribution in [3.63, 3.8) is 0 Å². The molecule has 2 aliphatic heterocycles. The molecule has 198 valence electrons. The van der Waals surface area contributed by atoms with Crippen LogP contribution in [0.25, 0.3) is 11.1 Å². The molecule has 2 saturated heterocycles. The van der Waals surface area contributed by atoms with Gasteiger partial charge in [-0.2, -0.15) is 0 Å². The van der Waals surface area contributed by atoms with Crippen molar-refractivity contribution in [2.75, 3.05) is 26.4 Å². The first kappa shape index (κ1) is 27.3. The van der Waals surface area contributed by atoms with E-state index in [0.29, 0.717) is 30.6 Å². The first-order valence-electron chi connectivity index (χ1n) is 14.0. The third-order valence-corrected chi connectivity index (χ3v) is 7.37. The largest absolute Gasteiger partial charge is 0.348 e. The van der Waals surface area contributed by atoms with Crippen LogP contribution < -0.4 is 0 Å². The Morgan fingerprint density at radius 3 is 1.69 bits per heavy atom. The fourth-order valence-electron chi connectivity index (χ4n) is 5.08. The molecule has 0 aliphatic carbocycles. The zero-order valence-electron chi connectivity index (χ0n) is 22.1. The van der Waals surface area contributed by atoms with Gasteiger partial charge in [-0.25, -0.2) is 4.39 Å². The fourth-order valence-corrected chi connectivity index (χ4v) is 5.08. The highest BCUT2D eigenvalue weighted by Gasteiger charge is 2.25. The Labute approximate surface area is 216 Å². The van der Waals surface area contributed by atoms with Crippen LogP contribution in [0.15, 0.2) is 42.5 Å². The zero-order chi connectivity index (χ0) is 25.2. The van der Waals surface area contributed by atoms with Crippen LogP contribution in [0, 0.1) is 17.7 Å². The van der Waals surface area contributed by atoms with Crippen LogP contribution in [0.1, 0.15) is 95.3 Å². The van der Waals surface area contributed by atoms with E-state index >= 15 is 4.39 Å². The molecule has 0 atom stereocenters. The number of hydrogen-bond acceptors (Lipinski definition) is 4. The van der Waals surface area contributed by atoms with Crippen molar-refractivity contribution in [3.05, 3.63) is 59.4 Å². The molecular formula is C31H43FO4. The van der Waals surface area contributed by atoms with E-state index in [9.17, 15) is 0 Å². The summed E-state index contributed by atoms with van der Waals surface area (Å²) in [7, 11) is 0. The van der Waals surface area contributed by atoms with Gasteiger partial charge in [-0.05, 0) is 24.5 Å². The molecule has 0 aromatic heterocycles. The first-order chi connectivity index (χ1) is 17.7. The van der Waals surface area contributed by atoms with Crippen molar-refractivity contribution >= 4 is 0 Å². The molecule has 4 rings (SSSR count). The molecule has 0 bridgehead atoms. The number of halogens is 1. The van der Waals surface area contributed by atoms with Gasteiger partial charge in [0.2, 0.25) is 0 Å². The lowest BCUT2D eigenvalue weighted by atomic mass is 9.99. The summed E-state index contributed by atoms with van der Waals surface area (Å²) < 4.78 is 38.9. The highest BCUT2D eigenvalue weighted by atomic mass is 19.1. The van der Waals surface area contributed by atoms with Gasteiger partial charge in [0.05, 0.1) is 26.4 Å². The number of hydrogen-bond donors (Lipinski definition) is 0. The van der Waals surface area contributed by atoms with E-state index in [-0.39, 0.29) is 12.1 Å². The highest BCUT2D eigenvalue weighted by Crippen LogP contribution is 2.33. The SMILES string of the molecule is CCCCCCC1COC(c2ccc(-c3ccc(C4OCC(CCCCC)CO4)cc3)c(F)c2)OC1. The average molecular weight is 499 g/mol. The van der Waals surface area contributed by atoms with Gasteiger partial charge < -0.3 is 18.9 Å². The summed E-state index contributed by atoms with van der Waals surface area (Å²) in [6, 6.07) is 13.1. The van der Waals surface area contributed by atoms with Crippen LogP contribution in [0.4, 0.5) is 4.39 Å². The molecule has 2 heterocycles. The number of rotatable bonds is 12. The third-order valence-electron chi connectivity index (χ3n) is 7.37. The molecule has 0 N–H and O–H groups in total. The van der Waals surface area contributed by atoms with E-state index in [2.05, 4.69) is 13.8 Å². The monoisotopic (exact) mass is 498 g/mol. The van der Waals surface area contributed by atoms with Gasteiger partial charge in [-0.1, -0.05) is 95.2 Å². The van der Waals surface area contributed by atoms with E-state index < -0.39 is 6.29 Å². The van der Waals surface area contributed by atoms with E-state index in [1.165, 1.54) is 44.9 Å². The van der Waals surface area contributed by atoms with Gasteiger partial charge in [0.15, 0.2) is 12.6 Å². The van der Waals surface area contributed by atoms with Crippen LogP contribution in [0.5, 0.6) is 0 Å². The van der Waals surface area contributed by atoms with Crippen molar-refractivity contribution in [2.24, 2.45) is 11.8 Å². The lowest BCUT2D eigenvalue weighted by Gasteiger charge is -2.30. The van der Waals surface area contributed by atoms with Gasteiger partial charge >= 0.3 is 0 Å². The molecule has 2 aromatic carbocycles. The minimum Gasteiger partial charge on any atom is -0.348 e. The van der Waals surface area contributed by atoms with E-state index in [1.807, 2.05) is 36.4 Å². The van der Waals surface area contributed by atoms with Crippen LogP contribution in [0.3, 0.4) is 0 Å². The fraction of sp³-hybridized carbons (Fsp3) is 0.613. The molecular weight excluding hydrogens is 455 g/mol. The third kappa shape index (κ3) is 7.61. The second kappa shape index (κ2) is 14.2. The van der Waals surface area contributed by atoms with E-state index in [4.69, 9.17) is 18.9 Å². The lowest BCUT2D eigenvalue weighted by molar-refractivity contribution is -0.206. The maximum absolute atomic E-state index is 15.1. The van der Waals surface area contributed by atoms with Crippen LogP contribution in [-0.4, -0.2) is 26.4 Å². The molecule has 0 spiro atoms. The molecule has 0 amide bonds. The minimum absolute atomic E-state index is 0.269. The molecule has 0 saturated carbocycles. The summed E-state index contributed by atoms with van der Waals surface area (Å²) in [5.74, 6) is 0.646. The molecule has 4 nitrogen and oxygen atoms in total. The standard InChI is InChI=1S/C31H43FO4/c1-3-5-7-9-11-24-21-35-31(36-22-24)27-16-17-28(29(32)18-27)25-12-14-26(15-13-25)30-33-19-23(20-34-30)10-8-6-4-2/h12-18,23-24,30-31H,3-11,19-22H2,1-2H3. The molecule has 0 radical (unpaired) electrons. The number of unbranched alkanes of at least 4 members (excludes halogenated alkanes) is 5. The summed E-state index contributed by atoms with van der Waals surface area (Å²) in [6.45, 7) is 7.26. The van der Waals surface area contributed by atoms with Gasteiger partial charge in [0.25, 0.3) is 0 Å². The smallest absolute Gasteiger partial charge is 0.183 e. The number of benzene rings is 2. The summed E-state index contributed by atoms with van der Waals surface area (Å²) in [6.07, 6.45) is 10.2. The first-order valence-corrected chi connectivity index (χ1v) is 14.0. The molecule has 2 aromatic rings. The molecule has 2 aliphatic rings. The van der Waals surface area contributed by atoms with Gasteiger partial charge in [-0.3, -0.25) is 0 Å². The second-order valence-electron chi connectivity index (χ2n) is 10.4. The summed E-state index contributed by atoms with van der Waals surface area (Å²) in [5, 5.41) is 0. The highest BCUT2D eigenvalue weighted by molar-refractivity contribution is 5.65. The molecule has 2 fully saturated rings. The Morgan fingerprint density at radius 2 is 1.14 bits per heavy atom. The second-order valence-corrected chi connectivity index (χ2v) is 10.4. The zero-order valence-corrected chi connectivity index (χ0v) is 22.1. The predicted octanol–water partition coefficient (Wildman–Crippen LogP) is 8.37. The molecule has 0 unspecified atom stereocenters. The maximum atomic E-state index is 15.1. The Kier molecular flexibility index (Phi) is 10.8. The van der Waals surface area contributed by atoms with Crippen LogP contribution >= 0.6 is 0 Å². The van der Waals surface area contributed by atoms with Crippen LogP contribution in [-0.2, 0) is 18.9 Å². The Bertz CT molecular complexity index is 899. The normalized spacial score (nSPS) is 24.6. The van der Waals surface area contributed by atoms with Crippen molar-refractivity contribution in [2.45, 2.75) is 84.2 Å². The number of ether oxygens (including phenoxy) is 4. The van der Waals surface area contributed by atoms with Crippen molar-refractivity contribution < 1.29 is 23.3 Å². The van der Waals surface area contributed by atoms with Gasteiger partial charge in [0.1, 0.15) is 5.82 Å². The summed E-state index contributed by atoms with van der Waals surface area (Å²) in [4.78, 5) is 0. The summed E-state index contributed by atoms with van der Waals surface area (Å²) in [5.41, 5.74) is 3.09. The van der Waals surface area contributed by atoms with Crippen molar-refractivity contribution in [1.82, 2.24) is 0 Å². The Morgan fingerprint density at radius 1 is 0.639 bits per heavy atom. The molecule has 36 heavy (non-hydrogen) atoms. The van der Waals surface area contributed by atoms with Crippen molar-refractivity contribution in [3.8, 4) is 11.1 Å². The van der Waals surface area contributed by atoms with E-state index in [0.717, 1.165) is 42.7 Å². The van der Waals surface area contributed by atoms with E-state index in [1.54, 1.807) is 6.07 Å². The topological polar surface area (TPSA) is 36.9 Å². The lowest BCUT2D eigenvalue weighted by Crippen LogP contribution is -2.27. The van der Waals surface area contributed by atoms with Gasteiger partial charge in [0, 0.05) is 28.5 Å². The summed E-state index contributed by atoms with van der Waals surface area (Å²) >= 11 is 0. The predicted molar refractivity (Wildman–Crippen MR) is 141 cm³/mol. The molecule has 5 heteroatoms. The average Bonchev–Trinajstić information content (AvgIpc) is 2.92.